The fourth-order valence-electron chi connectivity index (χ4n) is 1.20. The molecule has 1 rings (SSSR count). The number of hydrogen-bond donors (Lipinski definition) is 0. The Morgan fingerprint density at radius 2 is 1.53 bits per heavy atom. The predicted molar refractivity (Wildman–Crippen MR) is 65.7 cm³/mol. The molecule has 0 N–H and O–H groups in total. The lowest BCUT2D eigenvalue weighted by atomic mass is 10.2. The zero-order valence-corrected chi connectivity index (χ0v) is 10.4. The number of rotatable bonds is 4. The van der Waals surface area contributed by atoms with E-state index in [1.54, 1.807) is 14.2 Å². The van der Waals surface area contributed by atoms with E-state index in [0.717, 1.165) is 23.7 Å². The van der Waals surface area contributed by atoms with E-state index in [-0.39, 0.29) is 12.4 Å². The Hall–Kier alpha value is -1.09. The normalized spacial score (nSPS) is 9.07. The molecule has 0 aliphatic carbocycles. The third-order valence-electron chi connectivity index (χ3n) is 2.25. The Morgan fingerprint density at radius 3 is 1.87 bits per heavy atom. The molecule has 0 heterocycles. The molecular formula is C11H18ClNO2. The lowest BCUT2D eigenvalue weighted by Crippen LogP contribution is -2.15. The van der Waals surface area contributed by atoms with E-state index in [9.17, 15) is 0 Å². The molecule has 0 fully saturated rings. The zero-order chi connectivity index (χ0) is 10.6. The highest BCUT2D eigenvalue weighted by molar-refractivity contribution is 5.85. The van der Waals surface area contributed by atoms with Crippen LogP contribution in [0.15, 0.2) is 18.2 Å². The standard InChI is InChI=1S/C11H17NO2.ClH/c1-5-12(2)9-6-10(13-3)8-11(7-9)14-4;/h6-8H,5H2,1-4H3;1H. The van der Waals surface area contributed by atoms with Crippen LogP contribution in [0.2, 0.25) is 0 Å². The summed E-state index contributed by atoms with van der Waals surface area (Å²) in [7, 11) is 5.35. The van der Waals surface area contributed by atoms with Crippen LogP contribution in [0.5, 0.6) is 11.5 Å². The average Bonchev–Trinajstić information content (AvgIpc) is 2.27. The van der Waals surface area contributed by atoms with Crippen LogP contribution in [-0.2, 0) is 0 Å². The highest BCUT2D eigenvalue weighted by atomic mass is 35.5. The molecule has 0 saturated carbocycles. The van der Waals surface area contributed by atoms with Gasteiger partial charge in [0.05, 0.1) is 14.2 Å². The van der Waals surface area contributed by atoms with Crippen molar-refractivity contribution < 1.29 is 9.47 Å². The summed E-state index contributed by atoms with van der Waals surface area (Å²) in [6, 6.07) is 5.85. The maximum Gasteiger partial charge on any atom is 0.124 e. The summed E-state index contributed by atoms with van der Waals surface area (Å²) in [5.74, 6) is 1.64. The van der Waals surface area contributed by atoms with Gasteiger partial charge in [-0.1, -0.05) is 0 Å². The first-order valence-corrected chi connectivity index (χ1v) is 4.65. The van der Waals surface area contributed by atoms with Crippen molar-refractivity contribution in [2.45, 2.75) is 6.92 Å². The number of methoxy groups -OCH3 is 2. The Kier molecular flexibility index (Phi) is 5.94. The topological polar surface area (TPSA) is 21.7 Å². The van der Waals surface area contributed by atoms with Crippen LogP contribution in [0.3, 0.4) is 0 Å². The Morgan fingerprint density at radius 1 is 1.07 bits per heavy atom. The number of anilines is 1. The van der Waals surface area contributed by atoms with Crippen LogP contribution in [0.25, 0.3) is 0 Å². The average molecular weight is 232 g/mol. The molecule has 0 unspecified atom stereocenters. The summed E-state index contributed by atoms with van der Waals surface area (Å²) in [4.78, 5) is 2.13. The van der Waals surface area contributed by atoms with Crippen molar-refractivity contribution in [3.8, 4) is 11.5 Å². The monoisotopic (exact) mass is 231 g/mol. The third kappa shape index (κ3) is 3.51. The number of halogens is 1. The van der Waals surface area contributed by atoms with Crippen LogP contribution in [0, 0.1) is 0 Å². The molecule has 3 nitrogen and oxygen atoms in total. The van der Waals surface area contributed by atoms with Crippen LogP contribution >= 0.6 is 12.4 Å². The van der Waals surface area contributed by atoms with Gasteiger partial charge in [0.25, 0.3) is 0 Å². The van der Waals surface area contributed by atoms with Gasteiger partial charge in [-0.2, -0.15) is 0 Å². The molecular weight excluding hydrogens is 214 g/mol. The van der Waals surface area contributed by atoms with Crippen LogP contribution in [-0.4, -0.2) is 27.8 Å². The fraction of sp³-hybridized carbons (Fsp3) is 0.455. The predicted octanol–water partition coefficient (Wildman–Crippen LogP) is 2.58. The molecule has 4 heteroatoms. The van der Waals surface area contributed by atoms with Gasteiger partial charge in [-0.3, -0.25) is 0 Å². The van der Waals surface area contributed by atoms with Gasteiger partial charge in [-0.15, -0.1) is 12.4 Å². The van der Waals surface area contributed by atoms with Gasteiger partial charge in [-0.05, 0) is 6.92 Å². The summed E-state index contributed by atoms with van der Waals surface area (Å²) >= 11 is 0. The second kappa shape index (κ2) is 6.40. The van der Waals surface area contributed by atoms with E-state index < -0.39 is 0 Å². The van der Waals surface area contributed by atoms with Crippen molar-refractivity contribution in [1.29, 1.82) is 0 Å². The molecule has 0 amide bonds. The summed E-state index contributed by atoms with van der Waals surface area (Å²) < 4.78 is 10.4. The maximum atomic E-state index is 5.19. The van der Waals surface area contributed by atoms with Gasteiger partial charge < -0.3 is 14.4 Å². The van der Waals surface area contributed by atoms with Crippen molar-refractivity contribution in [2.75, 3.05) is 32.7 Å². The summed E-state index contributed by atoms with van der Waals surface area (Å²) in [5, 5.41) is 0. The Labute approximate surface area is 97.4 Å². The minimum atomic E-state index is 0. The Bertz CT molecular complexity index is 282. The molecule has 0 aromatic heterocycles. The van der Waals surface area contributed by atoms with Crippen molar-refractivity contribution in [2.24, 2.45) is 0 Å². The highest BCUT2D eigenvalue weighted by Crippen LogP contribution is 2.27. The molecule has 1 aromatic carbocycles. The number of benzene rings is 1. The molecule has 0 saturated heterocycles. The Balaban J connectivity index is 0.00000196. The quantitative estimate of drug-likeness (QED) is 0.795. The van der Waals surface area contributed by atoms with E-state index in [1.165, 1.54) is 0 Å². The maximum absolute atomic E-state index is 5.19. The molecule has 1 aromatic rings. The molecule has 0 aliphatic heterocycles. The van der Waals surface area contributed by atoms with E-state index in [4.69, 9.17) is 9.47 Å². The van der Waals surface area contributed by atoms with Gasteiger partial charge in [0.15, 0.2) is 0 Å². The summed E-state index contributed by atoms with van der Waals surface area (Å²) in [6.45, 7) is 3.06. The van der Waals surface area contributed by atoms with Crippen molar-refractivity contribution in [1.82, 2.24) is 0 Å². The molecule has 86 valence electrons. The van der Waals surface area contributed by atoms with Gasteiger partial charge in [0, 0.05) is 37.5 Å². The smallest absolute Gasteiger partial charge is 0.124 e. The van der Waals surface area contributed by atoms with Gasteiger partial charge >= 0.3 is 0 Å². The minimum Gasteiger partial charge on any atom is -0.497 e. The minimum absolute atomic E-state index is 0. The van der Waals surface area contributed by atoms with E-state index >= 15 is 0 Å². The number of hydrogen-bond acceptors (Lipinski definition) is 3. The number of nitrogens with zero attached hydrogens (tertiary/aromatic N) is 1. The van der Waals surface area contributed by atoms with E-state index in [1.807, 2.05) is 25.2 Å². The molecule has 0 radical (unpaired) electrons. The molecule has 15 heavy (non-hydrogen) atoms. The first kappa shape index (κ1) is 13.9. The van der Waals surface area contributed by atoms with Gasteiger partial charge in [0.2, 0.25) is 0 Å². The van der Waals surface area contributed by atoms with Crippen LogP contribution in [0.1, 0.15) is 6.92 Å². The SMILES string of the molecule is CCN(C)c1cc(OC)cc(OC)c1.Cl. The fourth-order valence-corrected chi connectivity index (χ4v) is 1.20. The largest absolute Gasteiger partial charge is 0.497 e. The highest BCUT2D eigenvalue weighted by Gasteiger charge is 2.04. The van der Waals surface area contributed by atoms with Gasteiger partial charge in [-0.25, -0.2) is 0 Å². The van der Waals surface area contributed by atoms with Crippen LogP contribution in [0.4, 0.5) is 5.69 Å². The summed E-state index contributed by atoms with van der Waals surface area (Å²) in [6.07, 6.45) is 0. The van der Waals surface area contributed by atoms with Crippen molar-refractivity contribution in [3.05, 3.63) is 18.2 Å². The molecule has 0 aliphatic rings. The zero-order valence-electron chi connectivity index (χ0n) is 9.61. The lowest BCUT2D eigenvalue weighted by Gasteiger charge is -2.18. The first-order chi connectivity index (χ1) is 6.71. The van der Waals surface area contributed by atoms with E-state index in [0.29, 0.717) is 0 Å². The first-order valence-electron chi connectivity index (χ1n) is 4.65. The van der Waals surface area contributed by atoms with Crippen LogP contribution < -0.4 is 14.4 Å². The summed E-state index contributed by atoms with van der Waals surface area (Å²) in [5.41, 5.74) is 1.10. The van der Waals surface area contributed by atoms with Gasteiger partial charge in [0.1, 0.15) is 11.5 Å². The van der Waals surface area contributed by atoms with Crippen molar-refractivity contribution >= 4 is 18.1 Å². The van der Waals surface area contributed by atoms with E-state index in [2.05, 4.69) is 11.8 Å². The second-order valence-electron chi connectivity index (χ2n) is 3.09. The molecule has 0 atom stereocenters. The lowest BCUT2D eigenvalue weighted by molar-refractivity contribution is 0.394. The molecule has 0 bridgehead atoms. The second-order valence-corrected chi connectivity index (χ2v) is 3.09. The van der Waals surface area contributed by atoms with Crippen molar-refractivity contribution in [3.63, 3.8) is 0 Å². The third-order valence-corrected chi connectivity index (χ3v) is 2.25. The molecule has 0 spiro atoms. The number of ether oxygens (including phenoxy) is 2.